The number of halogens is 2. The Labute approximate surface area is 125 Å². The van der Waals surface area contributed by atoms with Crippen LogP contribution in [0.1, 0.15) is 11.1 Å². The zero-order valence-corrected chi connectivity index (χ0v) is 11.5. The van der Waals surface area contributed by atoms with Crippen molar-refractivity contribution in [3.8, 4) is 0 Å². The molecule has 2 aliphatic heterocycles. The van der Waals surface area contributed by atoms with E-state index in [1.807, 2.05) is 0 Å². The molecule has 0 saturated heterocycles. The lowest BCUT2D eigenvalue weighted by molar-refractivity contribution is -0.115. The number of rotatable bonds is 0. The molecule has 6 heteroatoms. The van der Waals surface area contributed by atoms with Gasteiger partial charge < -0.3 is 10.6 Å². The van der Waals surface area contributed by atoms with E-state index in [1.165, 1.54) is 24.3 Å². The largest absolute Gasteiger partial charge is 0.326 e. The Morgan fingerprint density at radius 3 is 2.09 bits per heavy atom. The average Bonchev–Trinajstić information content (AvgIpc) is 2.99. The Hall–Kier alpha value is -2.76. The third kappa shape index (κ3) is 2.95. The van der Waals surface area contributed by atoms with Gasteiger partial charge in [-0.1, -0.05) is 6.07 Å². The summed E-state index contributed by atoms with van der Waals surface area (Å²) in [5.74, 6) is -0.734. The standard InChI is InChI=1S/2C8H6FNO/c9-6-1-2-7-5(3-6)4-8(11)10-7;9-6-2-1-5-3-8(11)10-7(5)4-6/h1-3H,4H2,(H,10,11);1-2,4H,3H2,(H,10,11). The molecule has 0 saturated carbocycles. The number of nitrogens with one attached hydrogen (secondary N) is 2. The van der Waals surface area contributed by atoms with Gasteiger partial charge in [-0.05, 0) is 41.5 Å². The Bertz CT molecular complexity index is 709. The Morgan fingerprint density at radius 2 is 1.32 bits per heavy atom. The molecular weight excluding hydrogens is 290 g/mol. The van der Waals surface area contributed by atoms with Gasteiger partial charge in [-0.25, -0.2) is 8.78 Å². The Kier molecular flexibility index (Phi) is 3.58. The fraction of sp³-hybridized carbons (Fsp3) is 0.125. The molecule has 4 rings (SSSR count). The molecule has 2 N–H and O–H groups in total. The monoisotopic (exact) mass is 302 g/mol. The highest BCUT2D eigenvalue weighted by Crippen LogP contribution is 2.23. The predicted octanol–water partition coefficient (Wildman–Crippen LogP) is 2.64. The van der Waals surface area contributed by atoms with Gasteiger partial charge in [0.25, 0.3) is 0 Å². The molecular formula is C16H12F2N2O2. The molecule has 0 radical (unpaired) electrons. The van der Waals surface area contributed by atoms with Crippen LogP contribution in [0.5, 0.6) is 0 Å². The normalized spacial score (nSPS) is 14.5. The minimum atomic E-state index is -0.314. The van der Waals surface area contributed by atoms with Gasteiger partial charge in [-0.3, -0.25) is 9.59 Å². The van der Waals surface area contributed by atoms with Gasteiger partial charge in [-0.2, -0.15) is 0 Å². The number of benzene rings is 2. The van der Waals surface area contributed by atoms with Crippen molar-refractivity contribution < 1.29 is 18.4 Å². The molecule has 2 aliphatic rings. The second kappa shape index (κ2) is 5.55. The maximum atomic E-state index is 12.5. The molecule has 4 nitrogen and oxygen atoms in total. The molecule has 0 bridgehead atoms. The van der Waals surface area contributed by atoms with Crippen molar-refractivity contribution in [1.82, 2.24) is 0 Å². The lowest BCUT2D eigenvalue weighted by Gasteiger charge is -1.95. The van der Waals surface area contributed by atoms with E-state index in [0.717, 1.165) is 16.8 Å². The second-order valence-corrected chi connectivity index (χ2v) is 5.05. The predicted molar refractivity (Wildman–Crippen MR) is 77.5 cm³/mol. The van der Waals surface area contributed by atoms with Gasteiger partial charge in [0, 0.05) is 11.4 Å². The second-order valence-electron chi connectivity index (χ2n) is 5.05. The van der Waals surface area contributed by atoms with Gasteiger partial charge in [0.2, 0.25) is 11.8 Å². The number of hydrogen-bond acceptors (Lipinski definition) is 2. The molecule has 0 aromatic heterocycles. The summed E-state index contributed by atoms with van der Waals surface area (Å²) >= 11 is 0. The number of amides is 2. The summed E-state index contributed by atoms with van der Waals surface area (Å²) in [6, 6.07) is 8.62. The fourth-order valence-corrected chi connectivity index (χ4v) is 2.38. The first-order valence-corrected chi connectivity index (χ1v) is 6.68. The van der Waals surface area contributed by atoms with Gasteiger partial charge >= 0.3 is 0 Å². The molecule has 22 heavy (non-hydrogen) atoms. The summed E-state index contributed by atoms with van der Waals surface area (Å²) in [5.41, 5.74) is 2.96. The van der Waals surface area contributed by atoms with E-state index in [0.29, 0.717) is 18.5 Å². The minimum Gasteiger partial charge on any atom is -0.326 e. The molecule has 2 aromatic carbocycles. The van der Waals surface area contributed by atoms with E-state index in [-0.39, 0.29) is 23.4 Å². The Balaban J connectivity index is 0.000000131. The van der Waals surface area contributed by atoms with Crippen molar-refractivity contribution in [1.29, 1.82) is 0 Å². The molecule has 0 aliphatic carbocycles. The summed E-state index contributed by atoms with van der Waals surface area (Å²) in [6.07, 6.45) is 0.669. The van der Waals surface area contributed by atoms with E-state index in [4.69, 9.17) is 0 Å². The van der Waals surface area contributed by atoms with Crippen molar-refractivity contribution >= 4 is 23.2 Å². The van der Waals surface area contributed by atoms with Crippen LogP contribution in [0.15, 0.2) is 36.4 Å². The van der Waals surface area contributed by atoms with E-state index in [1.54, 1.807) is 12.1 Å². The van der Waals surface area contributed by atoms with Crippen molar-refractivity contribution in [2.75, 3.05) is 10.6 Å². The Morgan fingerprint density at radius 1 is 0.727 bits per heavy atom. The lowest BCUT2D eigenvalue weighted by atomic mass is 10.2. The van der Waals surface area contributed by atoms with Crippen molar-refractivity contribution in [2.45, 2.75) is 12.8 Å². The van der Waals surface area contributed by atoms with Crippen LogP contribution in [0.25, 0.3) is 0 Å². The third-order valence-electron chi connectivity index (χ3n) is 3.39. The smallest absolute Gasteiger partial charge is 0.228 e. The van der Waals surface area contributed by atoms with Crippen LogP contribution in [-0.2, 0) is 22.4 Å². The molecule has 2 heterocycles. The van der Waals surface area contributed by atoms with Gasteiger partial charge in [0.15, 0.2) is 0 Å². The average molecular weight is 302 g/mol. The number of fused-ring (bicyclic) bond motifs is 2. The highest BCUT2D eigenvalue weighted by atomic mass is 19.1. The third-order valence-corrected chi connectivity index (χ3v) is 3.39. The van der Waals surface area contributed by atoms with Crippen LogP contribution in [0.4, 0.5) is 20.2 Å². The molecule has 0 atom stereocenters. The zero-order valence-electron chi connectivity index (χ0n) is 11.5. The van der Waals surface area contributed by atoms with Crippen LogP contribution in [0.2, 0.25) is 0 Å². The highest BCUT2D eigenvalue weighted by Gasteiger charge is 2.17. The molecule has 0 unspecified atom stereocenters. The summed E-state index contributed by atoms with van der Waals surface area (Å²) in [5, 5.41) is 5.18. The lowest BCUT2D eigenvalue weighted by Crippen LogP contribution is -2.03. The highest BCUT2D eigenvalue weighted by molar-refractivity contribution is 5.99. The number of carbonyl (C=O) groups excluding carboxylic acids is 2. The number of hydrogen-bond donors (Lipinski definition) is 2. The van der Waals surface area contributed by atoms with Crippen molar-refractivity contribution in [2.24, 2.45) is 0 Å². The maximum absolute atomic E-state index is 12.5. The van der Waals surface area contributed by atoms with E-state index < -0.39 is 0 Å². The summed E-state index contributed by atoms with van der Waals surface area (Å²) in [4.78, 5) is 21.6. The molecule has 0 fully saturated rings. The molecule has 112 valence electrons. The van der Waals surface area contributed by atoms with Gasteiger partial charge in [0.05, 0.1) is 12.8 Å². The summed E-state index contributed by atoms with van der Waals surface area (Å²) < 4.78 is 25.1. The molecule has 2 amide bonds. The van der Waals surface area contributed by atoms with Crippen LogP contribution in [0, 0.1) is 11.6 Å². The van der Waals surface area contributed by atoms with E-state index in [2.05, 4.69) is 10.6 Å². The van der Waals surface area contributed by atoms with Gasteiger partial charge in [0.1, 0.15) is 11.6 Å². The van der Waals surface area contributed by atoms with Crippen LogP contribution in [0.3, 0.4) is 0 Å². The minimum absolute atomic E-state index is 0.0643. The summed E-state index contributed by atoms with van der Waals surface area (Å²) in [6.45, 7) is 0. The fourth-order valence-electron chi connectivity index (χ4n) is 2.38. The number of carbonyl (C=O) groups is 2. The van der Waals surface area contributed by atoms with Crippen molar-refractivity contribution in [3.05, 3.63) is 59.2 Å². The zero-order chi connectivity index (χ0) is 15.7. The first-order chi connectivity index (χ1) is 10.5. The van der Waals surface area contributed by atoms with Crippen LogP contribution < -0.4 is 10.6 Å². The van der Waals surface area contributed by atoms with Crippen LogP contribution >= 0.6 is 0 Å². The van der Waals surface area contributed by atoms with Gasteiger partial charge in [-0.15, -0.1) is 0 Å². The SMILES string of the molecule is O=C1Cc2cc(F)ccc2N1.O=C1Cc2ccc(F)cc2N1. The molecule has 2 aromatic rings. The van der Waals surface area contributed by atoms with Crippen LogP contribution in [-0.4, -0.2) is 11.8 Å². The first kappa shape index (κ1) is 14.2. The first-order valence-electron chi connectivity index (χ1n) is 6.68. The quantitative estimate of drug-likeness (QED) is 0.786. The van der Waals surface area contributed by atoms with E-state index in [9.17, 15) is 18.4 Å². The maximum Gasteiger partial charge on any atom is 0.228 e. The van der Waals surface area contributed by atoms with Crippen molar-refractivity contribution in [3.63, 3.8) is 0 Å². The van der Waals surface area contributed by atoms with E-state index >= 15 is 0 Å². The number of anilines is 2. The molecule has 0 spiro atoms. The topological polar surface area (TPSA) is 58.2 Å². The summed E-state index contributed by atoms with van der Waals surface area (Å²) in [7, 11) is 0.